The second kappa shape index (κ2) is 7.23. The molecule has 1 saturated heterocycles. The van der Waals surface area contributed by atoms with E-state index in [1.807, 2.05) is 24.3 Å². The van der Waals surface area contributed by atoms with E-state index in [0.717, 1.165) is 29.6 Å². The van der Waals surface area contributed by atoms with E-state index >= 15 is 0 Å². The molecule has 1 fully saturated rings. The fraction of sp³-hybridized carbons (Fsp3) is 0.286. The third-order valence-corrected chi connectivity index (χ3v) is 4.80. The number of amides is 2. The molecular weight excluding hydrogens is 342 g/mol. The van der Waals surface area contributed by atoms with Crippen molar-refractivity contribution in [1.29, 1.82) is 0 Å². The lowest BCUT2D eigenvalue weighted by atomic mass is 10.2. The van der Waals surface area contributed by atoms with Crippen molar-refractivity contribution < 1.29 is 14.3 Å². The van der Waals surface area contributed by atoms with Crippen LogP contribution in [0.1, 0.15) is 32.2 Å². The largest absolute Gasteiger partial charge is 0.494 e. The molecular formula is C21H21N3O3. The average Bonchev–Trinajstić information content (AvgIpc) is 3.23. The molecule has 0 aliphatic carbocycles. The fourth-order valence-electron chi connectivity index (χ4n) is 3.36. The van der Waals surface area contributed by atoms with Gasteiger partial charge in [-0.3, -0.25) is 9.59 Å². The molecule has 0 N–H and O–H groups in total. The number of fused-ring (bicyclic) bond motifs is 1. The lowest BCUT2D eigenvalue weighted by Crippen LogP contribution is -2.31. The number of imide groups is 1. The lowest BCUT2D eigenvalue weighted by molar-refractivity contribution is -0.122. The standard InChI is InChI=1S/C21H21N3O3/c1-2-3-12-27-16-10-8-15(9-11-16)24-20(25)13-19(21(24)26)23-14-22-17-6-4-5-7-18(17)23/h4-11,14,19H,2-3,12-13H2,1H3. The third kappa shape index (κ3) is 3.18. The van der Waals surface area contributed by atoms with Crippen LogP contribution in [0.4, 0.5) is 5.69 Å². The first-order chi connectivity index (χ1) is 13.2. The molecule has 1 aliphatic rings. The van der Waals surface area contributed by atoms with E-state index in [0.29, 0.717) is 12.3 Å². The van der Waals surface area contributed by atoms with Crippen LogP contribution in [0, 0.1) is 0 Å². The van der Waals surface area contributed by atoms with Gasteiger partial charge in [-0.25, -0.2) is 9.88 Å². The molecule has 1 aliphatic heterocycles. The van der Waals surface area contributed by atoms with Gasteiger partial charge in [0.05, 0.1) is 36.1 Å². The van der Waals surface area contributed by atoms with Crippen LogP contribution in [0.15, 0.2) is 54.9 Å². The summed E-state index contributed by atoms with van der Waals surface area (Å²) in [7, 11) is 0. The molecule has 1 atom stereocenters. The van der Waals surface area contributed by atoms with Crippen LogP contribution in [0.5, 0.6) is 5.75 Å². The average molecular weight is 363 g/mol. The van der Waals surface area contributed by atoms with Crippen LogP contribution in [0.3, 0.4) is 0 Å². The molecule has 1 aromatic heterocycles. The Morgan fingerprint density at radius 3 is 2.67 bits per heavy atom. The van der Waals surface area contributed by atoms with Crippen molar-refractivity contribution in [3.8, 4) is 5.75 Å². The van der Waals surface area contributed by atoms with Crippen molar-refractivity contribution in [1.82, 2.24) is 9.55 Å². The Bertz CT molecular complexity index is 978. The second-order valence-corrected chi connectivity index (χ2v) is 6.62. The van der Waals surface area contributed by atoms with E-state index in [2.05, 4.69) is 11.9 Å². The molecule has 138 valence electrons. The van der Waals surface area contributed by atoms with Crippen molar-refractivity contribution in [2.45, 2.75) is 32.2 Å². The number of nitrogens with zero attached hydrogens (tertiary/aromatic N) is 3. The Kier molecular flexibility index (Phi) is 4.62. The monoisotopic (exact) mass is 363 g/mol. The van der Waals surface area contributed by atoms with Gasteiger partial charge in [0.2, 0.25) is 5.91 Å². The van der Waals surface area contributed by atoms with Gasteiger partial charge < -0.3 is 9.30 Å². The minimum absolute atomic E-state index is 0.133. The number of para-hydroxylation sites is 2. The number of unbranched alkanes of at least 4 members (excludes halogenated alkanes) is 1. The van der Waals surface area contributed by atoms with Gasteiger partial charge >= 0.3 is 0 Å². The van der Waals surface area contributed by atoms with Crippen molar-refractivity contribution >= 4 is 28.5 Å². The SMILES string of the molecule is CCCCOc1ccc(N2C(=O)CC(n3cnc4ccccc43)C2=O)cc1. The summed E-state index contributed by atoms with van der Waals surface area (Å²) in [6.45, 7) is 2.77. The zero-order valence-corrected chi connectivity index (χ0v) is 15.2. The smallest absolute Gasteiger partial charge is 0.257 e. The Morgan fingerprint density at radius 1 is 1.11 bits per heavy atom. The molecule has 2 heterocycles. The highest BCUT2D eigenvalue weighted by molar-refractivity contribution is 6.21. The molecule has 6 nitrogen and oxygen atoms in total. The molecule has 0 radical (unpaired) electrons. The maximum atomic E-state index is 13.0. The summed E-state index contributed by atoms with van der Waals surface area (Å²) in [6, 6.07) is 14.1. The molecule has 2 amide bonds. The van der Waals surface area contributed by atoms with E-state index in [9.17, 15) is 9.59 Å². The first-order valence-electron chi connectivity index (χ1n) is 9.20. The van der Waals surface area contributed by atoms with Crippen LogP contribution >= 0.6 is 0 Å². The molecule has 0 bridgehead atoms. The number of rotatable bonds is 6. The van der Waals surface area contributed by atoms with E-state index in [1.54, 1.807) is 35.2 Å². The topological polar surface area (TPSA) is 64.4 Å². The summed E-state index contributed by atoms with van der Waals surface area (Å²) in [5, 5.41) is 0. The van der Waals surface area contributed by atoms with Crippen molar-refractivity contribution in [2.24, 2.45) is 0 Å². The lowest BCUT2D eigenvalue weighted by Gasteiger charge is -2.16. The zero-order valence-electron chi connectivity index (χ0n) is 15.2. The van der Waals surface area contributed by atoms with Gasteiger partial charge in [0.25, 0.3) is 5.91 Å². The maximum absolute atomic E-state index is 13.0. The number of benzene rings is 2. The van der Waals surface area contributed by atoms with E-state index in [4.69, 9.17) is 4.74 Å². The molecule has 3 aromatic rings. The maximum Gasteiger partial charge on any atom is 0.257 e. The second-order valence-electron chi connectivity index (χ2n) is 6.62. The number of anilines is 1. The first-order valence-corrected chi connectivity index (χ1v) is 9.20. The molecule has 27 heavy (non-hydrogen) atoms. The summed E-state index contributed by atoms with van der Waals surface area (Å²) in [6.07, 6.45) is 3.83. The van der Waals surface area contributed by atoms with Crippen molar-refractivity contribution in [3.05, 3.63) is 54.9 Å². The van der Waals surface area contributed by atoms with Gasteiger partial charge in [0.15, 0.2) is 0 Å². The number of aromatic nitrogens is 2. The summed E-state index contributed by atoms with van der Waals surface area (Å²) >= 11 is 0. The van der Waals surface area contributed by atoms with Gasteiger partial charge in [0.1, 0.15) is 11.8 Å². The van der Waals surface area contributed by atoms with Crippen LogP contribution in [0.25, 0.3) is 11.0 Å². The van der Waals surface area contributed by atoms with E-state index in [1.165, 1.54) is 4.90 Å². The fourth-order valence-corrected chi connectivity index (χ4v) is 3.36. The van der Waals surface area contributed by atoms with E-state index < -0.39 is 6.04 Å². The van der Waals surface area contributed by atoms with Crippen LogP contribution in [0.2, 0.25) is 0 Å². The zero-order chi connectivity index (χ0) is 18.8. The van der Waals surface area contributed by atoms with Crippen LogP contribution in [-0.2, 0) is 9.59 Å². The minimum atomic E-state index is -0.564. The van der Waals surface area contributed by atoms with Gasteiger partial charge in [0, 0.05) is 0 Å². The molecule has 1 unspecified atom stereocenters. The van der Waals surface area contributed by atoms with Crippen LogP contribution < -0.4 is 9.64 Å². The number of imidazole rings is 1. The molecule has 6 heteroatoms. The van der Waals surface area contributed by atoms with Gasteiger partial charge in [-0.1, -0.05) is 25.5 Å². The summed E-state index contributed by atoms with van der Waals surface area (Å²) in [5.74, 6) is 0.300. The molecule has 0 saturated carbocycles. The van der Waals surface area contributed by atoms with Crippen LogP contribution in [-0.4, -0.2) is 28.0 Å². The molecule has 2 aromatic carbocycles. The highest BCUT2D eigenvalue weighted by Crippen LogP contribution is 2.32. The predicted octanol–water partition coefficient (Wildman–Crippen LogP) is 3.72. The Morgan fingerprint density at radius 2 is 1.89 bits per heavy atom. The van der Waals surface area contributed by atoms with E-state index in [-0.39, 0.29) is 18.2 Å². The van der Waals surface area contributed by atoms with Gasteiger partial charge in [-0.15, -0.1) is 0 Å². The predicted molar refractivity (Wildman–Crippen MR) is 103 cm³/mol. The number of hydrogen-bond acceptors (Lipinski definition) is 4. The highest BCUT2D eigenvalue weighted by Gasteiger charge is 2.41. The Hall–Kier alpha value is -3.15. The van der Waals surface area contributed by atoms with Crippen molar-refractivity contribution in [2.75, 3.05) is 11.5 Å². The normalized spacial score (nSPS) is 17.1. The summed E-state index contributed by atoms with van der Waals surface area (Å²) in [5.41, 5.74) is 2.23. The minimum Gasteiger partial charge on any atom is -0.494 e. The molecule has 0 spiro atoms. The number of hydrogen-bond donors (Lipinski definition) is 0. The van der Waals surface area contributed by atoms with Crippen molar-refractivity contribution in [3.63, 3.8) is 0 Å². The number of ether oxygens (including phenoxy) is 1. The number of carbonyl (C=O) groups excluding carboxylic acids is 2. The number of carbonyl (C=O) groups is 2. The molecule has 4 rings (SSSR count). The Labute approximate surface area is 157 Å². The van der Waals surface area contributed by atoms with Gasteiger partial charge in [-0.05, 0) is 42.8 Å². The third-order valence-electron chi connectivity index (χ3n) is 4.80. The summed E-state index contributed by atoms with van der Waals surface area (Å²) in [4.78, 5) is 31.1. The summed E-state index contributed by atoms with van der Waals surface area (Å²) < 4.78 is 7.43. The Balaban J connectivity index is 1.56. The quantitative estimate of drug-likeness (QED) is 0.495. The van der Waals surface area contributed by atoms with Gasteiger partial charge in [-0.2, -0.15) is 0 Å². The highest BCUT2D eigenvalue weighted by atomic mass is 16.5. The first kappa shape index (κ1) is 17.3.